The molecule has 3 nitrogen and oxygen atoms in total. The molecule has 1 aliphatic heterocycles. The first-order valence-corrected chi connectivity index (χ1v) is 5.08. The van der Waals surface area contributed by atoms with Gasteiger partial charge >= 0.3 is 0 Å². The Balaban J connectivity index is 1.92. The molecule has 2 heterocycles. The Kier molecular flexibility index (Phi) is 2.79. The number of rotatable bonds is 3. The summed E-state index contributed by atoms with van der Waals surface area (Å²) < 4.78 is 0. The van der Waals surface area contributed by atoms with Gasteiger partial charge in [-0.3, -0.25) is 9.88 Å². The number of aromatic nitrogens is 1. The van der Waals surface area contributed by atoms with E-state index >= 15 is 0 Å². The minimum atomic E-state index is -0.197. The molecule has 1 aromatic rings. The first kappa shape index (κ1) is 9.62. The summed E-state index contributed by atoms with van der Waals surface area (Å²) in [5.41, 5.74) is 2.71. The van der Waals surface area contributed by atoms with Gasteiger partial charge in [0, 0.05) is 32.0 Å². The maximum atomic E-state index is 9.19. The molecule has 1 aliphatic rings. The van der Waals surface area contributed by atoms with Crippen LogP contribution in [0.1, 0.15) is 24.5 Å². The summed E-state index contributed by atoms with van der Waals surface area (Å²) in [6.07, 6.45) is 4.44. The van der Waals surface area contributed by atoms with E-state index in [0.717, 1.165) is 26.1 Å². The molecule has 0 amide bonds. The van der Waals surface area contributed by atoms with Gasteiger partial charge in [-0.15, -0.1) is 0 Å². The van der Waals surface area contributed by atoms with Crippen molar-refractivity contribution in [3.63, 3.8) is 0 Å². The molecular formula is C11H16N2O. The number of pyridine rings is 1. The van der Waals surface area contributed by atoms with Gasteiger partial charge in [-0.1, -0.05) is 0 Å². The van der Waals surface area contributed by atoms with Crippen molar-refractivity contribution >= 4 is 0 Å². The van der Waals surface area contributed by atoms with E-state index < -0.39 is 0 Å². The zero-order valence-electron chi connectivity index (χ0n) is 8.48. The molecule has 14 heavy (non-hydrogen) atoms. The Morgan fingerprint density at radius 3 is 3.00 bits per heavy atom. The summed E-state index contributed by atoms with van der Waals surface area (Å²) >= 11 is 0. The van der Waals surface area contributed by atoms with Gasteiger partial charge in [0.05, 0.1) is 6.10 Å². The molecule has 0 aromatic carbocycles. The fraction of sp³-hybridized carbons (Fsp3) is 0.545. The molecule has 76 valence electrons. The van der Waals surface area contributed by atoms with E-state index in [4.69, 9.17) is 0 Å². The molecule has 0 radical (unpaired) electrons. The van der Waals surface area contributed by atoms with Crippen LogP contribution in [0.5, 0.6) is 0 Å². The number of hydrogen-bond acceptors (Lipinski definition) is 3. The SMILES string of the molecule is CC(O)CCN1Cc2ccncc2C1. The van der Waals surface area contributed by atoms with Gasteiger partial charge in [-0.05, 0) is 30.5 Å². The minimum absolute atomic E-state index is 0.197. The summed E-state index contributed by atoms with van der Waals surface area (Å²) in [6, 6.07) is 2.08. The van der Waals surface area contributed by atoms with Crippen molar-refractivity contribution in [2.24, 2.45) is 0 Å². The second-order valence-electron chi connectivity index (χ2n) is 3.99. The van der Waals surface area contributed by atoms with Crippen LogP contribution in [-0.4, -0.2) is 27.6 Å². The standard InChI is InChI=1S/C11H16N2O/c1-9(14)3-5-13-7-10-2-4-12-6-11(10)8-13/h2,4,6,9,14H,3,5,7-8H2,1H3. The molecule has 1 unspecified atom stereocenters. The van der Waals surface area contributed by atoms with Crippen molar-refractivity contribution in [2.75, 3.05) is 6.54 Å². The normalized spacial score (nSPS) is 18.1. The zero-order chi connectivity index (χ0) is 9.97. The highest BCUT2D eigenvalue weighted by molar-refractivity contribution is 5.26. The number of nitrogens with zero attached hydrogens (tertiary/aromatic N) is 2. The van der Waals surface area contributed by atoms with E-state index in [9.17, 15) is 5.11 Å². The molecule has 1 N–H and O–H groups in total. The topological polar surface area (TPSA) is 36.4 Å². The first-order chi connectivity index (χ1) is 6.75. The van der Waals surface area contributed by atoms with Crippen LogP contribution in [0.2, 0.25) is 0 Å². The lowest BCUT2D eigenvalue weighted by molar-refractivity contribution is 0.156. The van der Waals surface area contributed by atoms with Gasteiger partial charge in [-0.2, -0.15) is 0 Å². The smallest absolute Gasteiger partial charge is 0.0524 e. The van der Waals surface area contributed by atoms with Crippen molar-refractivity contribution in [2.45, 2.75) is 32.5 Å². The van der Waals surface area contributed by atoms with Crippen LogP contribution in [0.3, 0.4) is 0 Å². The van der Waals surface area contributed by atoms with Crippen molar-refractivity contribution in [1.82, 2.24) is 9.88 Å². The van der Waals surface area contributed by atoms with Crippen LogP contribution in [-0.2, 0) is 13.1 Å². The molecule has 0 saturated heterocycles. The van der Waals surface area contributed by atoms with Gasteiger partial charge in [0.15, 0.2) is 0 Å². The Labute approximate surface area is 84.4 Å². The summed E-state index contributed by atoms with van der Waals surface area (Å²) in [5, 5.41) is 9.19. The molecule has 0 aliphatic carbocycles. The lowest BCUT2D eigenvalue weighted by atomic mass is 10.2. The predicted molar refractivity (Wildman–Crippen MR) is 54.6 cm³/mol. The van der Waals surface area contributed by atoms with E-state index in [1.54, 1.807) is 0 Å². The van der Waals surface area contributed by atoms with E-state index in [2.05, 4.69) is 16.0 Å². The summed E-state index contributed by atoms with van der Waals surface area (Å²) in [7, 11) is 0. The Morgan fingerprint density at radius 1 is 1.50 bits per heavy atom. The third-order valence-electron chi connectivity index (χ3n) is 2.66. The molecular weight excluding hydrogens is 176 g/mol. The van der Waals surface area contributed by atoms with Crippen LogP contribution < -0.4 is 0 Å². The Morgan fingerprint density at radius 2 is 2.29 bits per heavy atom. The number of aliphatic hydroxyl groups is 1. The highest BCUT2D eigenvalue weighted by Gasteiger charge is 2.18. The Hall–Kier alpha value is -0.930. The van der Waals surface area contributed by atoms with Gasteiger partial charge in [0.2, 0.25) is 0 Å². The molecule has 0 fully saturated rings. The van der Waals surface area contributed by atoms with Crippen molar-refractivity contribution in [3.8, 4) is 0 Å². The third kappa shape index (κ3) is 2.11. The lowest BCUT2D eigenvalue weighted by Gasteiger charge is -2.15. The number of hydrogen-bond donors (Lipinski definition) is 1. The highest BCUT2D eigenvalue weighted by atomic mass is 16.3. The molecule has 0 bridgehead atoms. The van der Waals surface area contributed by atoms with Gasteiger partial charge < -0.3 is 5.11 Å². The quantitative estimate of drug-likeness (QED) is 0.781. The summed E-state index contributed by atoms with van der Waals surface area (Å²) in [5.74, 6) is 0. The molecule has 0 spiro atoms. The van der Waals surface area contributed by atoms with Gasteiger partial charge in [0.25, 0.3) is 0 Å². The van der Waals surface area contributed by atoms with Crippen molar-refractivity contribution in [1.29, 1.82) is 0 Å². The van der Waals surface area contributed by atoms with Crippen LogP contribution >= 0.6 is 0 Å². The monoisotopic (exact) mass is 192 g/mol. The van der Waals surface area contributed by atoms with Crippen LogP contribution in [0.15, 0.2) is 18.5 Å². The fourth-order valence-electron chi connectivity index (χ4n) is 1.82. The molecule has 0 saturated carbocycles. The highest BCUT2D eigenvalue weighted by Crippen LogP contribution is 2.21. The van der Waals surface area contributed by atoms with Crippen LogP contribution in [0, 0.1) is 0 Å². The zero-order valence-corrected chi connectivity index (χ0v) is 8.48. The fourth-order valence-corrected chi connectivity index (χ4v) is 1.82. The average molecular weight is 192 g/mol. The van der Waals surface area contributed by atoms with Gasteiger partial charge in [-0.25, -0.2) is 0 Å². The molecule has 1 aromatic heterocycles. The Bertz CT molecular complexity index is 287. The first-order valence-electron chi connectivity index (χ1n) is 5.08. The summed E-state index contributed by atoms with van der Waals surface area (Å²) in [4.78, 5) is 6.46. The second kappa shape index (κ2) is 4.07. The average Bonchev–Trinajstić information content (AvgIpc) is 2.57. The van der Waals surface area contributed by atoms with E-state index in [-0.39, 0.29) is 6.10 Å². The predicted octanol–water partition coefficient (Wildman–Crippen LogP) is 1.17. The largest absolute Gasteiger partial charge is 0.393 e. The van der Waals surface area contributed by atoms with E-state index in [1.165, 1.54) is 11.1 Å². The van der Waals surface area contributed by atoms with E-state index in [0.29, 0.717) is 0 Å². The molecule has 3 heteroatoms. The van der Waals surface area contributed by atoms with Crippen molar-refractivity contribution in [3.05, 3.63) is 29.6 Å². The lowest BCUT2D eigenvalue weighted by Crippen LogP contribution is -2.20. The maximum absolute atomic E-state index is 9.19. The molecule has 2 rings (SSSR count). The summed E-state index contributed by atoms with van der Waals surface area (Å²) in [6.45, 7) is 4.79. The van der Waals surface area contributed by atoms with Crippen molar-refractivity contribution < 1.29 is 5.11 Å². The molecule has 1 atom stereocenters. The second-order valence-corrected chi connectivity index (χ2v) is 3.99. The van der Waals surface area contributed by atoms with Crippen LogP contribution in [0.4, 0.5) is 0 Å². The van der Waals surface area contributed by atoms with Gasteiger partial charge in [0.1, 0.15) is 0 Å². The third-order valence-corrected chi connectivity index (χ3v) is 2.66. The number of fused-ring (bicyclic) bond motifs is 1. The van der Waals surface area contributed by atoms with E-state index in [1.807, 2.05) is 19.3 Å². The number of aliphatic hydroxyl groups excluding tert-OH is 1. The maximum Gasteiger partial charge on any atom is 0.0524 e. The van der Waals surface area contributed by atoms with Crippen LogP contribution in [0.25, 0.3) is 0 Å². The minimum Gasteiger partial charge on any atom is -0.393 e.